The van der Waals surface area contributed by atoms with E-state index >= 15 is 0 Å². The zero-order valence-electron chi connectivity index (χ0n) is 22.4. The molecule has 0 fully saturated rings. The highest BCUT2D eigenvalue weighted by atomic mass is 16.5. The monoisotopic (exact) mass is 526 g/mol. The average molecular weight is 527 g/mol. The molecule has 1 aromatic heterocycles. The van der Waals surface area contributed by atoms with Crippen LogP contribution in [-0.4, -0.2) is 53.1 Å². The van der Waals surface area contributed by atoms with Crippen LogP contribution in [0.1, 0.15) is 32.7 Å². The first kappa shape index (κ1) is 26.2. The van der Waals surface area contributed by atoms with E-state index in [2.05, 4.69) is 38.0 Å². The van der Waals surface area contributed by atoms with Crippen LogP contribution in [0, 0.1) is 0 Å². The molecule has 1 amide bonds. The fourth-order valence-electron chi connectivity index (χ4n) is 4.80. The van der Waals surface area contributed by atoms with E-state index in [1.165, 1.54) is 11.1 Å². The summed E-state index contributed by atoms with van der Waals surface area (Å²) in [4.78, 5) is 15.2. The van der Waals surface area contributed by atoms with Crippen LogP contribution in [0.15, 0.2) is 72.9 Å². The zero-order valence-corrected chi connectivity index (χ0v) is 22.4. The number of hydrogen-bond acceptors (Lipinski definition) is 7. The van der Waals surface area contributed by atoms with Crippen molar-refractivity contribution in [1.82, 2.24) is 25.2 Å². The van der Waals surface area contributed by atoms with E-state index in [-0.39, 0.29) is 5.91 Å². The van der Waals surface area contributed by atoms with Gasteiger partial charge in [0.2, 0.25) is 0 Å². The van der Waals surface area contributed by atoms with Crippen molar-refractivity contribution < 1.29 is 14.3 Å². The Bertz CT molecular complexity index is 1410. The van der Waals surface area contributed by atoms with Crippen LogP contribution in [-0.2, 0) is 32.6 Å². The minimum atomic E-state index is -0.121. The van der Waals surface area contributed by atoms with Gasteiger partial charge in [0.05, 0.1) is 39.1 Å². The predicted octanol–water partition coefficient (Wildman–Crippen LogP) is 3.90. The first-order valence-electron chi connectivity index (χ1n) is 13.1. The lowest BCUT2D eigenvalue weighted by atomic mass is 9.99. The highest BCUT2D eigenvalue weighted by Gasteiger charge is 2.19. The van der Waals surface area contributed by atoms with Crippen LogP contribution < -0.4 is 20.1 Å². The Kier molecular flexibility index (Phi) is 8.38. The van der Waals surface area contributed by atoms with Gasteiger partial charge in [-0.2, -0.15) is 0 Å². The number of ether oxygens (including phenoxy) is 2. The van der Waals surface area contributed by atoms with Crippen molar-refractivity contribution in [3.8, 4) is 11.5 Å². The summed E-state index contributed by atoms with van der Waals surface area (Å²) in [7, 11) is 3.34. The molecule has 5 rings (SSSR count). The summed E-state index contributed by atoms with van der Waals surface area (Å²) in [6.07, 6.45) is 2.93. The summed E-state index contributed by atoms with van der Waals surface area (Å²) in [5, 5.41) is 15.0. The third-order valence-corrected chi connectivity index (χ3v) is 6.96. The van der Waals surface area contributed by atoms with Gasteiger partial charge >= 0.3 is 0 Å². The number of anilines is 1. The van der Waals surface area contributed by atoms with Crippen LogP contribution in [0.4, 0.5) is 5.69 Å². The van der Waals surface area contributed by atoms with Crippen LogP contribution in [0.5, 0.6) is 11.5 Å². The van der Waals surface area contributed by atoms with E-state index in [1.54, 1.807) is 14.2 Å². The molecule has 39 heavy (non-hydrogen) atoms. The summed E-state index contributed by atoms with van der Waals surface area (Å²) in [6, 6.07) is 21.5. The van der Waals surface area contributed by atoms with Gasteiger partial charge in [-0.15, -0.1) is 5.10 Å². The first-order chi connectivity index (χ1) is 19.1. The molecule has 0 unspecified atom stereocenters. The van der Waals surface area contributed by atoms with E-state index in [0.29, 0.717) is 18.7 Å². The highest BCUT2D eigenvalue weighted by Crippen LogP contribution is 2.33. The largest absolute Gasteiger partial charge is 0.493 e. The second-order valence-corrected chi connectivity index (χ2v) is 9.54. The van der Waals surface area contributed by atoms with Crippen molar-refractivity contribution in [3.63, 3.8) is 0 Å². The summed E-state index contributed by atoms with van der Waals surface area (Å²) < 4.78 is 12.8. The Hall–Kier alpha value is -4.37. The lowest BCUT2D eigenvalue weighted by Crippen LogP contribution is -2.33. The van der Waals surface area contributed by atoms with Gasteiger partial charge in [-0.1, -0.05) is 47.7 Å². The quantitative estimate of drug-likeness (QED) is 0.306. The van der Waals surface area contributed by atoms with Crippen LogP contribution in [0.2, 0.25) is 0 Å². The number of benzene rings is 3. The molecule has 4 aromatic rings. The normalized spacial score (nSPS) is 13.0. The van der Waals surface area contributed by atoms with Gasteiger partial charge in [-0.3, -0.25) is 14.4 Å². The molecular formula is C30H34N6O3. The average Bonchev–Trinajstić information content (AvgIpc) is 3.45. The van der Waals surface area contributed by atoms with E-state index < -0.39 is 0 Å². The highest BCUT2D eigenvalue weighted by molar-refractivity contribution is 5.99. The van der Waals surface area contributed by atoms with Gasteiger partial charge in [0, 0.05) is 31.9 Å². The molecule has 2 N–H and O–H groups in total. The molecule has 0 bridgehead atoms. The zero-order chi connectivity index (χ0) is 27.0. The number of amides is 1. The Morgan fingerprint density at radius 1 is 0.923 bits per heavy atom. The SMILES string of the molecule is COc1cc2c(cc1OC)CN(CCn1cc(CNc3ccccc3C(=O)NCc3ccccc3)nn1)CC2. The van der Waals surface area contributed by atoms with E-state index in [9.17, 15) is 4.79 Å². The van der Waals surface area contributed by atoms with E-state index in [0.717, 1.165) is 61.0 Å². The van der Waals surface area contributed by atoms with Gasteiger partial charge in [-0.25, -0.2) is 0 Å². The number of nitrogens with zero attached hydrogens (tertiary/aromatic N) is 4. The maximum Gasteiger partial charge on any atom is 0.253 e. The van der Waals surface area contributed by atoms with Crippen molar-refractivity contribution in [2.75, 3.05) is 32.6 Å². The predicted molar refractivity (Wildman–Crippen MR) is 150 cm³/mol. The van der Waals surface area contributed by atoms with E-state index in [1.807, 2.05) is 65.5 Å². The first-order valence-corrected chi connectivity index (χ1v) is 13.1. The van der Waals surface area contributed by atoms with Gasteiger partial charge in [0.15, 0.2) is 11.5 Å². The molecule has 0 spiro atoms. The molecule has 3 aromatic carbocycles. The number of methoxy groups -OCH3 is 2. The van der Waals surface area contributed by atoms with Gasteiger partial charge in [0.1, 0.15) is 5.69 Å². The minimum Gasteiger partial charge on any atom is -0.493 e. The maximum absolute atomic E-state index is 12.8. The molecule has 1 aliphatic rings. The number of rotatable bonds is 11. The van der Waals surface area contributed by atoms with Crippen LogP contribution in [0.25, 0.3) is 0 Å². The standard InChI is InChI=1S/C30H34N6O3/c1-38-28-16-23-12-13-35(20-24(23)17-29(28)39-2)14-15-36-21-25(33-34-36)19-31-27-11-7-6-10-26(27)30(37)32-18-22-8-4-3-5-9-22/h3-11,16-17,21,31H,12-15,18-20H2,1-2H3,(H,32,37). The van der Waals surface area contributed by atoms with Crippen LogP contribution >= 0.6 is 0 Å². The molecule has 202 valence electrons. The Morgan fingerprint density at radius 3 is 2.46 bits per heavy atom. The Balaban J connectivity index is 1.13. The molecule has 0 radical (unpaired) electrons. The van der Waals surface area contributed by atoms with Crippen molar-refractivity contribution in [2.45, 2.75) is 32.6 Å². The second kappa shape index (κ2) is 12.4. The topological polar surface area (TPSA) is 93.5 Å². The minimum absolute atomic E-state index is 0.121. The Morgan fingerprint density at radius 2 is 1.67 bits per heavy atom. The van der Waals surface area contributed by atoms with Crippen molar-refractivity contribution in [1.29, 1.82) is 0 Å². The van der Waals surface area contributed by atoms with E-state index in [4.69, 9.17) is 9.47 Å². The fraction of sp³-hybridized carbons (Fsp3) is 0.300. The molecule has 0 atom stereocenters. The number of fused-ring (bicyclic) bond motifs is 1. The number of hydrogen-bond donors (Lipinski definition) is 2. The molecule has 1 aliphatic heterocycles. The van der Waals surface area contributed by atoms with Gasteiger partial charge in [-0.05, 0) is 47.4 Å². The number of aromatic nitrogens is 3. The summed E-state index contributed by atoms with van der Waals surface area (Å²) in [6.45, 7) is 4.41. The summed E-state index contributed by atoms with van der Waals surface area (Å²) >= 11 is 0. The number of carbonyl (C=O) groups is 1. The third-order valence-electron chi connectivity index (χ3n) is 6.96. The van der Waals surface area contributed by atoms with Crippen molar-refractivity contribution in [3.05, 3.63) is 101 Å². The number of nitrogens with one attached hydrogen (secondary N) is 2. The van der Waals surface area contributed by atoms with Crippen molar-refractivity contribution >= 4 is 11.6 Å². The lowest BCUT2D eigenvalue weighted by Gasteiger charge is -2.29. The van der Waals surface area contributed by atoms with Crippen LogP contribution in [0.3, 0.4) is 0 Å². The Labute approximate surface area is 228 Å². The fourth-order valence-corrected chi connectivity index (χ4v) is 4.80. The molecule has 9 nitrogen and oxygen atoms in total. The van der Waals surface area contributed by atoms with Gasteiger partial charge < -0.3 is 20.1 Å². The smallest absolute Gasteiger partial charge is 0.253 e. The molecule has 0 aliphatic carbocycles. The molecule has 9 heteroatoms. The molecule has 0 saturated heterocycles. The molecule has 0 saturated carbocycles. The molecular weight excluding hydrogens is 492 g/mol. The number of carbonyl (C=O) groups excluding carboxylic acids is 1. The van der Waals surface area contributed by atoms with Crippen molar-refractivity contribution in [2.24, 2.45) is 0 Å². The molecule has 2 heterocycles. The summed E-state index contributed by atoms with van der Waals surface area (Å²) in [5.41, 5.74) is 5.81. The number of para-hydroxylation sites is 1. The third kappa shape index (κ3) is 6.56. The lowest BCUT2D eigenvalue weighted by molar-refractivity contribution is 0.0951. The summed E-state index contributed by atoms with van der Waals surface area (Å²) in [5.74, 6) is 1.43. The van der Waals surface area contributed by atoms with Gasteiger partial charge in [0.25, 0.3) is 5.91 Å². The second-order valence-electron chi connectivity index (χ2n) is 9.54. The maximum atomic E-state index is 12.8.